The summed E-state index contributed by atoms with van der Waals surface area (Å²) < 4.78 is 5.04. The predicted molar refractivity (Wildman–Crippen MR) is 73.9 cm³/mol. The van der Waals surface area contributed by atoms with E-state index in [1.165, 1.54) is 11.1 Å². The van der Waals surface area contributed by atoms with Gasteiger partial charge >= 0.3 is 0 Å². The quantitative estimate of drug-likeness (QED) is 0.608. The molecule has 0 fully saturated rings. The molecule has 2 rings (SSSR count). The van der Waals surface area contributed by atoms with E-state index in [1.54, 1.807) is 7.11 Å². The largest absolute Gasteiger partial charge is 0.383 e. The molecule has 0 radical (unpaired) electrons. The Bertz CT molecular complexity index is 431. The molecule has 1 aromatic rings. The monoisotopic (exact) mass is 247 g/mol. The van der Waals surface area contributed by atoms with Gasteiger partial charge in [-0.25, -0.2) is 0 Å². The number of guanidine groups is 1. The van der Waals surface area contributed by atoms with Gasteiger partial charge in [-0.2, -0.15) is 0 Å². The second-order valence-corrected chi connectivity index (χ2v) is 4.83. The van der Waals surface area contributed by atoms with Gasteiger partial charge in [0.1, 0.15) is 0 Å². The summed E-state index contributed by atoms with van der Waals surface area (Å²) in [5.41, 5.74) is 8.69. The Balaban J connectivity index is 1.82. The van der Waals surface area contributed by atoms with Crippen LogP contribution in [0.5, 0.6) is 0 Å². The fourth-order valence-corrected chi connectivity index (χ4v) is 2.32. The van der Waals surface area contributed by atoms with E-state index in [9.17, 15) is 0 Å². The number of methoxy groups -OCH3 is 1. The Labute approximate surface area is 108 Å². The van der Waals surface area contributed by atoms with E-state index in [0.717, 1.165) is 13.0 Å². The van der Waals surface area contributed by atoms with Gasteiger partial charge in [0.25, 0.3) is 0 Å². The summed E-state index contributed by atoms with van der Waals surface area (Å²) in [6, 6.07) is 8.71. The van der Waals surface area contributed by atoms with Crippen molar-refractivity contribution >= 4 is 5.96 Å². The van der Waals surface area contributed by atoms with Crippen LogP contribution in [0.15, 0.2) is 29.3 Å². The summed E-state index contributed by atoms with van der Waals surface area (Å²) in [6.07, 6.45) is 1.11. The molecule has 0 bridgehead atoms. The Hall–Kier alpha value is -1.55. The standard InChI is InChI=1S/C14H21N3O/c1-10(9-18-2)17-14(15)16-8-12-7-11-5-3-4-6-13(11)12/h3-6,10,12H,7-9H2,1-2H3,(H3,15,16,17). The van der Waals surface area contributed by atoms with Gasteiger partial charge in [-0.15, -0.1) is 0 Å². The highest BCUT2D eigenvalue weighted by atomic mass is 16.5. The average molecular weight is 247 g/mol. The number of aliphatic imine (C=N–C) groups is 1. The summed E-state index contributed by atoms with van der Waals surface area (Å²) in [5, 5.41) is 3.11. The molecule has 0 saturated carbocycles. The zero-order valence-corrected chi connectivity index (χ0v) is 11.0. The first-order valence-corrected chi connectivity index (χ1v) is 6.34. The fourth-order valence-electron chi connectivity index (χ4n) is 2.32. The molecule has 18 heavy (non-hydrogen) atoms. The minimum absolute atomic E-state index is 0.187. The number of hydrogen-bond donors (Lipinski definition) is 2. The molecule has 4 nitrogen and oxygen atoms in total. The van der Waals surface area contributed by atoms with Crippen LogP contribution in [0.2, 0.25) is 0 Å². The number of rotatable bonds is 5. The third-order valence-corrected chi connectivity index (χ3v) is 3.25. The van der Waals surface area contributed by atoms with Crippen LogP contribution >= 0.6 is 0 Å². The third-order valence-electron chi connectivity index (χ3n) is 3.25. The summed E-state index contributed by atoms with van der Waals surface area (Å²) in [4.78, 5) is 4.40. The maximum atomic E-state index is 5.84. The Morgan fingerprint density at radius 3 is 3.06 bits per heavy atom. The zero-order chi connectivity index (χ0) is 13.0. The van der Waals surface area contributed by atoms with Crippen molar-refractivity contribution in [3.63, 3.8) is 0 Å². The molecule has 3 N–H and O–H groups in total. The molecule has 1 aromatic carbocycles. The first-order valence-electron chi connectivity index (χ1n) is 6.34. The van der Waals surface area contributed by atoms with E-state index >= 15 is 0 Å². The van der Waals surface area contributed by atoms with Crippen LogP contribution in [0.1, 0.15) is 24.0 Å². The lowest BCUT2D eigenvalue weighted by Crippen LogP contribution is -2.41. The van der Waals surface area contributed by atoms with Crippen LogP contribution in [0.25, 0.3) is 0 Å². The van der Waals surface area contributed by atoms with Crippen molar-refractivity contribution in [3.05, 3.63) is 35.4 Å². The van der Waals surface area contributed by atoms with Crippen molar-refractivity contribution in [2.45, 2.75) is 25.3 Å². The van der Waals surface area contributed by atoms with E-state index in [4.69, 9.17) is 10.5 Å². The molecule has 0 saturated heterocycles. The van der Waals surface area contributed by atoms with Gasteiger partial charge in [0, 0.05) is 25.6 Å². The topological polar surface area (TPSA) is 59.6 Å². The number of nitrogens with two attached hydrogens (primary N) is 1. The van der Waals surface area contributed by atoms with Gasteiger partial charge in [-0.3, -0.25) is 4.99 Å². The smallest absolute Gasteiger partial charge is 0.188 e. The third kappa shape index (κ3) is 3.01. The lowest BCUT2D eigenvalue weighted by molar-refractivity contribution is 0.179. The maximum absolute atomic E-state index is 5.84. The average Bonchev–Trinajstić information content (AvgIpc) is 2.30. The fraction of sp³-hybridized carbons (Fsp3) is 0.500. The maximum Gasteiger partial charge on any atom is 0.188 e. The van der Waals surface area contributed by atoms with Crippen LogP contribution < -0.4 is 11.1 Å². The van der Waals surface area contributed by atoms with E-state index < -0.39 is 0 Å². The highest BCUT2D eigenvalue weighted by molar-refractivity contribution is 5.78. The van der Waals surface area contributed by atoms with Gasteiger partial charge < -0.3 is 15.8 Å². The molecule has 4 heteroatoms. The van der Waals surface area contributed by atoms with Gasteiger partial charge in [-0.05, 0) is 24.5 Å². The van der Waals surface area contributed by atoms with Crippen LogP contribution in [0.4, 0.5) is 0 Å². The molecule has 1 aliphatic carbocycles. The van der Waals surface area contributed by atoms with Crippen LogP contribution in [-0.4, -0.2) is 32.3 Å². The zero-order valence-electron chi connectivity index (χ0n) is 11.0. The first kappa shape index (κ1) is 12.9. The summed E-state index contributed by atoms with van der Waals surface area (Å²) in [6.45, 7) is 3.41. The number of nitrogens with zero attached hydrogens (tertiary/aromatic N) is 1. The van der Waals surface area contributed by atoms with Crippen molar-refractivity contribution in [1.82, 2.24) is 5.32 Å². The van der Waals surface area contributed by atoms with Gasteiger partial charge in [-0.1, -0.05) is 24.3 Å². The lowest BCUT2D eigenvalue weighted by atomic mass is 9.78. The molecule has 0 aromatic heterocycles. The number of nitrogens with one attached hydrogen (secondary N) is 1. The predicted octanol–water partition coefficient (Wildman–Crippen LogP) is 1.27. The highest BCUT2D eigenvalue weighted by Gasteiger charge is 2.24. The molecule has 0 aliphatic heterocycles. The summed E-state index contributed by atoms with van der Waals surface area (Å²) >= 11 is 0. The van der Waals surface area contributed by atoms with Crippen LogP contribution in [0.3, 0.4) is 0 Å². The normalized spacial score (nSPS) is 19.9. The van der Waals surface area contributed by atoms with Crippen molar-refractivity contribution in [1.29, 1.82) is 0 Å². The van der Waals surface area contributed by atoms with Crippen molar-refractivity contribution in [3.8, 4) is 0 Å². The van der Waals surface area contributed by atoms with Crippen molar-refractivity contribution in [2.75, 3.05) is 20.3 Å². The molecule has 2 unspecified atom stereocenters. The SMILES string of the molecule is COCC(C)NC(N)=NCC1Cc2ccccc21. The number of benzene rings is 1. The molecular weight excluding hydrogens is 226 g/mol. The lowest BCUT2D eigenvalue weighted by Gasteiger charge is -2.28. The molecule has 0 amide bonds. The Morgan fingerprint density at radius 2 is 2.33 bits per heavy atom. The number of hydrogen-bond acceptors (Lipinski definition) is 2. The second-order valence-electron chi connectivity index (χ2n) is 4.83. The van der Waals surface area contributed by atoms with Crippen LogP contribution in [-0.2, 0) is 11.2 Å². The number of ether oxygens (including phenoxy) is 1. The Kier molecular flexibility index (Phi) is 4.20. The summed E-state index contributed by atoms with van der Waals surface area (Å²) in [5.74, 6) is 1.03. The minimum Gasteiger partial charge on any atom is -0.383 e. The van der Waals surface area contributed by atoms with E-state index in [2.05, 4.69) is 34.6 Å². The second kappa shape index (κ2) is 5.87. The Morgan fingerprint density at radius 1 is 1.56 bits per heavy atom. The molecule has 0 spiro atoms. The van der Waals surface area contributed by atoms with Gasteiger partial charge in [0.05, 0.1) is 6.61 Å². The van der Waals surface area contributed by atoms with Crippen molar-refractivity contribution in [2.24, 2.45) is 10.7 Å². The van der Waals surface area contributed by atoms with Crippen molar-refractivity contribution < 1.29 is 4.74 Å². The van der Waals surface area contributed by atoms with E-state index in [-0.39, 0.29) is 6.04 Å². The molecule has 2 atom stereocenters. The first-order chi connectivity index (χ1) is 8.70. The van der Waals surface area contributed by atoms with E-state index in [0.29, 0.717) is 18.5 Å². The van der Waals surface area contributed by atoms with Crippen LogP contribution in [0, 0.1) is 0 Å². The summed E-state index contributed by atoms with van der Waals surface area (Å²) in [7, 11) is 1.68. The van der Waals surface area contributed by atoms with Gasteiger partial charge in [0.15, 0.2) is 5.96 Å². The van der Waals surface area contributed by atoms with E-state index in [1.807, 2.05) is 6.92 Å². The molecule has 1 aliphatic rings. The molecule has 98 valence electrons. The number of fused-ring (bicyclic) bond motifs is 1. The minimum atomic E-state index is 0.187. The van der Waals surface area contributed by atoms with Gasteiger partial charge in [0.2, 0.25) is 0 Å². The molecular formula is C14H21N3O. The molecule has 0 heterocycles. The highest BCUT2D eigenvalue weighted by Crippen LogP contribution is 2.34.